The normalized spacial score (nSPS) is 14.7. The molecule has 1 fully saturated rings. The fourth-order valence-electron chi connectivity index (χ4n) is 4.59. The van der Waals surface area contributed by atoms with E-state index in [1.807, 2.05) is 12.1 Å². The van der Waals surface area contributed by atoms with E-state index in [1.54, 1.807) is 12.1 Å². The van der Waals surface area contributed by atoms with Crippen molar-refractivity contribution in [2.75, 3.05) is 36.8 Å². The van der Waals surface area contributed by atoms with Gasteiger partial charge in [-0.3, -0.25) is 9.69 Å². The van der Waals surface area contributed by atoms with Crippen LogP contribution in [0, 0.1) is 11.8 Å². The molecule has 3 heterocycles. The quantitative estimate of drug-likeness (QED) is 0.413. The second-order valence-corrected chi connectivity index (χ2v) is 9.51. The Labute approximate surface area is 211 Å². The highest BCUT2D eigenvalue weighted by atomic mass is 35.5. The van der Waals surface area contributed by atoms with Crippen LogP contribution in [0.5, 0.6) is 0 Å². The van der Waals surface area contributed by atoms with Crippen LogP contribution in [0.1, 0.15) is 13.8 Å². The number of fused-ring (bicyclic) bond motifs is 1. The van der Waals surface area contributed by atoms with Gasteiger partial charge in [0, 0.05) is 60.6 Å². The molecule has 4 aromatic rings. The number of aromatic amines is 1. The largest absolute Gasteiger partial charge is 0.382 e. The molecule has 1 saturated heterocycles. The molecule has 3 N–H and O–H groups in total. The van der Waals surface area contributed by atoms with E-state index in [0.717, 1.165) is 37.9 Å². The number of H-pyrrole nitrogens is 1. The van der Waals surface area contributed by atoms with Crippen molar-refractivity contribution in [2.24, 2.45) is 0 Å². The summed E-state index contributed by atoms with van der Waals surface area (Å²) in [6.45, 7) is 8.19. The highest BCUT2D eigenvalue weighted by Gasteiger charge is 2.21. The topological polar surface area (TPSA) is 91.1 Å². The Morgan fingerprint density at radius 1 is 1.00 bits per heavy atom. The van der Waals surface area contributed by atoms with Crippen molar-refractivity contribution in [3.8, 4) is 22.5 Å². The molecular weight excluding hydrogens is 486 g/mol. The summed E-state index contributed by atoms with van der Waals surface area (Å²) in [6, 6.07) is 10.6. The molecule has 1 aliphatic rings. The molecule has 0 unspecified atom stereocenters. The van der Waals surface area contributed by atoms with Gasteiger partial charge in [-0.1, -0.05) is 23.7 Å². The van der Waals surface area contributed by atoms with Crippen molar-refractivity contribution < 1.29 is 8.78 Å². The second-order valence-electron chi connectivity index (χ2n) is 9.11. The van der Waals surface area contributed by atoms with Crippen LogP contribution in [-0.4, -0.2) is 52.1 Å². The molecule has 10 heteroatoms. The van der Waals surface area contributed by atoms with Crippen molar-refractivity contribution in [2.45, 2.75) is 19.9 Å². The Morgan fingerprint density at radius 3 is 2.36 bits per heavy atom. The minimum atomic E-state index is -0.828. The van der Waals surface area contributed by atoms with E-state index in [-0.39, 0.29) is 38.6 Å². The highest BCUT2D eigenvalue weighted by Crippen LogP contribution is 2.33. The van der Waals surface area contributed by atoms with Gasteiger partial charge < -0.3 is 15.6 Å². The summed E-state index contributed by atoms with van der Waals surface area (Å²) in [6.07, 6.45) is 1.28. The van der Waals surface area contributed by atoms with Crippen molar-refractivity contribution in [1.82, 2.24) is 19.9 Å². The van der Waals surface area contributed by atoms with Crippen LogP contribution in [0.25, 0.3) is 33.3 Å². The number of piperazine rings is 1. The van der Waals surface area contributed by atoms with Crippen LogP contribution in [0.15, 0.2) is 47.4 Å². The van der Waals surface area contributed by atoms with Crippen molar-refractivity contribution >= 4 is 33.9 Å². The lowest BCUT2D eigenvalue weighted by Crippen LogP contribution is -2.48. The molecule has 0 saturated carbocycles. The Balaban J connectivity index is 1.49. The van der Waals surface area contributed by atoms with Gasteiger partial charge in [-0.25, -0.2) is 9.37 Å². The van der Waals surface area contributed by atoms with Crippen LogP contribution in [0.2, 0.25) is 5.02 Å². The van der Waals surface area contributed by atoms with Gasteiger partial charge in [-0.15, -0.1) is 0 Å². The third-order valence-corrected chi connectivity index (χ3v) is 6.92. The summed E-state index contributed by atoms with van der Waals surface area (Å²) < 4.78 is 29.7. The van der Waals surface area contributed by atoms with Gasteiger partial charge >= 0.3 is 0 Å². The first-order valence-corrected chi connectivity index (χ1v) is 12.0. The fourth-order valence-corrected chi connectivity index (χ4v) is 4.79. The molecule has 186 valence electrons. The van der Waals surface area contributed by atoms with Gasteiger partial charge in [0.05, 0.1) is 10.4 Å². The lowest BCUT2D eigenvalue weighted by atomic mass is 10.0. The molecule has 0 aliphatic carbocycles. The Kier molecular flexibility index (Phi) is 6.36. The Hall–Kier alpha value is -3.56. The molecular formula is C26H25ClF2N6O. The van der Waals surface area contributed by atoms with Crippen LogP contribution in [0.3, 0.4) is 0 Å². The molecule has 7 nitrogen and oxygen atoms in total. The van der Waals surface area contributed by atoms with Crippen LogP contribution >= 0.6 is 11.6 Å². The van der Waals surface area contributed by atoms with E-state index in [2.05, 4.69) is 38.6 Å². The molecule has 1 aliphatic heterocycles. The summed E-state index contributed by atoms with van der Waals surface area (Å²) in [5, 5.41) is 0.179. The second kappa shape index (κ2) is 9.48. The molecule has 2 aromatic heterocycles. The number of nitrogen functional groups attached to an aromatic ring is 1. The lowest BCUT2D eigenvalue weighted by Gasteiger charge is -2.38. The highest BCUT2D eigenvalue weighted by molar-refractivity contribution is 6.35. The van der Waals surface area contributed by atoms with E-state index >= 15 is 0 Å². The molecule has 0 radical (unpaired) electrons. The molecule has 0 bridgehead atoms. The zero-order valence-electron chi connectivity index (χ0n) is 19.9. The van der Waals surface area contributed by atoms with Crippen molar-refractivity contribution in [1.29, 1.82) is 0 Å². The van der Waals surface area contributed by atoms with E-state index in [4.69, 9.17) is 17.3 Å². The first-order chi connectivity index (χ1) is 17.2. The standard InChI is InChI=1S/C26H25ClF2N6O/c1-14(2)34-7-9-35(10-8-34)17-5-3-15(4-6-17)22-24(29)33-25(30)23(32-22)16-11-18-19(27)13-31-26(36)21(18)20(28)12-16/h3-6,11-14H,7-10H2,1-2H3,(H2,30,33)(H,31,36). The first-order valence-electron chi connectivity index (χ1n) is 11.7. The molecule has 36 heavy (non-hydrogen) atoms. The van der Waals surface area contributed by atoms with Crippen molar-refractivity contribution in [3.63, 3.8) is 0 Å². The zero-order valence-corrected chi connectivity index (χ0v) is 20.6. The number of benzene rings is 2. The maximum Gasteiger partial charge on any atom is 0.258 e. The molecule has 0 atom stereocenters. The number of pyridine rings is 1. The van der Waals surface area contributed by atoms with Crippen LogP contribution < -0.4 is 16.2 Å². The predicted molar refractivity (Wildman–Crippen MR) is 139 cm³/mol. The van der Waals surface area contributed by atoms with Gasteiger partial charge in [0.2, 0.25) is 5.95 Å². The van der Waals surface area contributed by atoms with Gasteiger partial charge in [-0.05, 0) is 38.1 Å². The zero-order chi connectivity index (χ0) is 25.6. The summed E-state index contributed by atoms with van der Waals surface area (Å²) >= 11 is 6.18. The molecule has 0 amide bonds. The number of nitrogens with two attached hydrogens (primary N) is 1. The summed E-state index contributed by atoms with van der Waals surface area (Å²) in [5.74, 6) is -1.82. The number of nitrogens with zero attached hydrogens (tertiary/aromatic N) is 4. The number of aromatic nitrogens is 3. The first kappa shape index (κ1) is 24.1. The smallest absolute Gasteiger partial charge is 0.258 e. The van der Waals surface area contributed by atoms with Crippen LogP contribution in [0.4, 0.5) is 20.3 Å². The van der Waals surface area contributed by atoms with E-state index in [9.17, 15) is 13.6 Å². The average Bonchev–Trinajstić information content (AvgIpc) is 2.86. The fraction of sp³-hybridized carbons (Fsp3) is 0.269. The number of anilines is 2. The maximum absolute atomic E-state index is 14.8. The Bertz CT molecular complexity index is 1500. The van der Waals surface area contributed by atoms with Gasteiger partial charge in [0.25, 0.3) is 5.56 Å². The summed E-state index contributed by atoms with van der Waals surface area (Å²) in [7, 11) is 0. The van der Waals surface area contributed by atoms with Gasteiger partial charge in [0.15, 0.2) is 5.82 Å². The number of hydrogen-bond acceptors (Lipinski definition) is 6. The molecule has 0 spiro atoms. The summed E-state index contributed by atoms with van der Waals surface area (Å²) in [5.41, 5.74) is 7.24. The maximum atomic E-state index is 14.8. The molecule has 5 rings (SSSR count). The predicted octanol–water partition coefficient (Wildman–Crippen LogP) is 4.70. The van der Waals surface area contributed by atoms with Gasteiger partial charge in [0.1, 0.15) is 17.2 Å². The van der Waals surface area contributed by atoms with E-state index < -0.39 is 17.3 Å². The number of halogens is 3. The van der Waals surface area contributed by atoms with E-state index in [0.29, 0.717) is 11.6 Å². The monoisotopic (exact) mass is 510 g/mol. The lowest BCUT2D eigenvalue weighted by molar-refractivity contribution is 0.209. The number of rotatable bonds is 4. The average molecular weight is 511 g/mol. The van der Waals surface area contributed by atoms with Crippen molar-refractivity contribution in [3.05, 3.63) is 69.7 Å². The molecule has 2 aromatic carbocycles. The third kappa shape index (κ3) is 4.40. The third-order valence-electron chi connectivity index (χ3n) is 6.61. The number of hydrogen-bond donors (Lipinski definition) is 2. The van der Waals surface area contributed by atoms with Crippen LogP contribution in [-0.2, 0) is 0 Å². The Morgan fingerprint density at radius 2 is 1.69 bits per heavy atom. The van der Waals surface area contributed by atoms with E-state index in [1.165, 1.54) is 12.3 Å². The minimum Gasteiger partial charge on any atom is -0.382 e. The minimum absolute atomic E-state index is 0.00659. The summed E-state index contributed by atoms with van der Waals surface area (Å²) in [4.78, 5) is 27.4. The number of nitrogens with one attached hydrogen (secondary N) is 1. The van der Waals surface area contributed by atoms with Gasteiger partial charge in [-0.2, -0.15) is 9.37 Å². The SMILES string of the molecule is CC(C)N1CCN(c2ccc(-c3nc(-c4cc(F)c5c(=O)[nH]cc(Cl)c5c4)c(N)nc3F)cc2)CC1.